The Kier molecular flexibility index (Phi) is 8.29. The van der Waals surface area contributed by atoms with E-state index in [1.807, 2.05) is 26.2 Å². The zero-order chi connectivity index (χ0) is 27.6. The van der Waals surface area contributed by atoms with Gasteiger partial charge in [-0.15, -0.1) is 0 Å². The fraction of sp³-hybridized carbons (Fsp3) is 0.333. The number of rotatable bonds is 5. The van der Waals surface area contributed by atoms with Crippen LogP contribution in [0.1, 0.15) is 13.8 Å². The highest BCUT2D eigenvalue weighted by Gasteiger charge is 2.19. The SMILES string of the molecule is CC(=S)N1CCN(c2ccc3c(SSc4ccnc5cc(N6CCN(C(C)=S)CC6)ccc45)ccnc3c2)CC1. The van der Waals surface area contributed by atoms with Crippen molar-refractivity contribution in [2.24, 2.45) is 0 Å². The number of nitrogens with zero attached hydrogens (tertiary/aromatic N) is 6. The first-order valence-electron chi connectivity index (χ1n) is 13.6. The maximum Gasteiger partial charge on any atom is 0.0749 e. The molecule has 4 aromatic rings. The maximum atomic E-state index is 5.36. The van der Waals surface area contributed by atoms with E-state index in [2.05, 4.69) is 68.1 Å². The average molecular weight is 605 g/mol. The Morgan fingerprint density at radius 1 is 0.600 bits per heavy atom. The van der Waals surface area contributed by atoms with Gasteiger partial charge in [-0.25, -0.2) is 0 Å². The van der Waals surface area contributed by atoms with E-state index < -0.39 is 0 Å². The fourth-order valence-electron chi connectivity index (χ4n) is 5.41. The highest BCUT2D eigenvalue weighted by atomic mass is 33.1. The molecule has 6 rings (SSSR count). The minimum Gasteiger partial charge on any atom is -0.368 e. The summed E-state index contributed by atoms with van der Waals surface area (Å²) in [6, 6.07) is 17.6. The number of pyridine rings is 2. The largest absolute Gasteiger partial charge is 0.368 e. The van der Waals surface area contributed by atoms with Gasteiger partial charge in [-0.1, -0.05) is 46.0 Å². The van der Waals surface area contributed by atoms with Gasteiger partial charge in [0.05, 0.1) is 21.0 Å². The molecule has 0 aliphatic carbocycles. The number of aromatic nitrogens is 2. The van der Waals surface area contributed by atoms with E-state index >= 15 is 0 Å². The molecule has 4 heterocycles. The van der Waals surface area contributed by atoms with Crippen molar-refractivity contribution in [2.45, 2.75) is 23.6 Å². The molecular weight excluding hydrogens is 573 g/mol. The Labute approximate surface area is 254 Å². The Bertz CT molecular complexity index is 1440. The maximum absolute atomic E-state index is 5.36. The van der Waals surface area contributed by atoms with E-state index in [0.29, 0.717) is 0 Å². The lowest BCUT2D eigenvalue weighted by Gasteiger charge is -2.36. The number of hydrogen-bond acceptors (Lipinski definition) is 8. The summed E-state index contributed by atoms with van der Waals surface area (Å²) in [5.74, 6) is 0. The molecule has 10 heteroatoms. The van der Waals surface area contributed by atoms with E-state index in [0.717, 1.165) is 73.4 Å². The minimum atomic E-state index is 0.971. The number of anilines is 2. The first-order valence-corrected chi connectivity index (χ1v) is 16.6. The van der Waals surface area contributed by atoms with Gasteiger partial charge in [0.25, 0.3) is 0 Å². The predicted molar refractivity (Wildman–Crippen MR) is 179 cm³/mol. The molecule has 0 saturated carbocycles. The smallest absolute Gasteiger partial charge is 0.0749 e. The Morgan fingerprint density at radius 2 is 1.00 bits per heavy atom. The molecule has 0 amide bonds. The van der Waals surface area contributed by atoms with Gasteiger partial charge >= 0.3 is 0 Å². The van der Waals surface area contributed by atoms with Crippen LogP contribution in [-0.4, -0.2) is 82.1 Å². The predicted octanol–water partition coefficient (Wildman–Crippen LogP) is 6.52. The first-order chi connectivity index (χ1) is 19.5. The van der Waals surface area contributed by atoms with E-state index in [4.69, 9.17) is 34.4 Å². The zero-order valence-electron chi connectivity index (χ0n) is 22.7. The summed E-state index contributed by atoms with van der Waals surface area (Å²) in [5.41, 5.74) is 4.52. The second kappa shape index (κ2) is 12.1. The van der Waals surface area contributed by atoms with Gasteiger partial charge in [-0.3, -0.25) is 9.97 Å². The second-order valence-corrected chi connectivity index (χ2v) is 13.6. The van der Waals surface area contributed by atoms with Crippen molar-refractivity contribution in [2.75, 3.05) is 62.2 Å². The molecule has 2 aromatic carbocycles. The average Bonchev–Trinajstić information content (AvgIpc) is 2.99. The van der Waals surface area contributed by atoms with Crippen molar-refractivity contribution >= 4 is 89.2 Å². The van der Waals surface area contributed by atoms with Crippen LogP contribution in [0, 0.1) is 0 Å². The van der Waals surface area contributed by atoms with Gasteiger partial charge in [0.1, 0.15) is 0 Å². The van der Waals surface area contributed by atoms with Gasteiger partial charge < -0.3 is 19.6 Å². The normalized spacial score (nSPS) is 16.1. The molecule has 2 aromatic heterocycles. The molecule has 2 aliphatic heterocycles. The van der Waals surface area contributed by atoms with E-state index in [1.54, 1.807) is 21.6 Å². The topological polar surface area (TPSA) is 38.7 Å². The number of thiocarbonyl (C=S) groups is 2. The van der Waals surface area contributed by atoms with Crippen molar-refractivity contribution < 1.29 is 0 Å². The number of fused-ring (bicyclic) bond motifs is 2. The van der Waals surface area contributed by atoms with Crippen molar-refractivity contribution in [1.82, 2.24) is 19.8 Å². The molecule has 0 unspecified atom stereocenters. The highest BCUT2D eigenvalue weighted by molar-refractivity contribution is 8.76. The van der Waals surface area contributed by atoms with Gasteiger partial charge in [-0.05, 0) is 62.4 Å². The van der Waals surface area contributed by atoms with Crippen LogP contribution in [0.25, 0.3) is 21.8 Å². The molecule has 0 bridgehead atoms. The molecule has 2 aliphatic rings. The van der Waals surface area contributed by atoms with Crippen LogP contribution >= 0.6 is 46.0 Å². The Hall–Kier alpha value is -2.66. The monoisotopic (exact) mass is 604 g/mol. The van der Waals surface area contributed by atoms with E-state index in [1.165, 1.54) is 31.9 Å². The lowest BCUT2D eigenvalue weighted by Crippen LogP contribution is -2.47. The Morgan fingerprint density at radius 3 is 1.38 bits per heavy atom. The summed E-state index contributed by atoms with van der Waals surface area (Å²) >= 11 is 10.7. The minimum absolute atomic E-state index is 0.971. The molecule has 0 radical (unpaired) electrons. The summed E-state index contributed by atoms with van der Waals surface area (Å²) in [5, 5.41) is 2.37. The molecule has 0 atom stereocenters. The lowest BCUT2D eigenvalue weighted by atomic mass is 10.1. The van der Waals surface area contributed by atoms with E-state index in [9.17, 15) is 0 Å². The molecule has 40 heavy (non-hydrogen) atoms. The van der Waals surface area contributed by atoms with Gasteiger partial charge in [0.15, 0.2) is 0 Å². The summed E-state index contributed by atoms with van der Waals surface area (Å²) < 4.78 is 0. The lowest BCUT2D eigenvalue weighted by molar-refractivity contribution is 0.390. The third-order valence-corrected chi connectivity index (χ3v) is 10.8. The molecule has 6 nitrogen and oxygen atoms in total. The highest BCUT2D eigenvalue weighted by Crippen LogP contribution is 2.43. The molecule has 0 N–H and O–H groups in total. The van der Waals surface area contributed by atoms with Crippen LogP contribution in [0.2, 0.25) is 0 Å². The molecule has 2 saturated heterocycles. The number of piperazine rings is 2. The van der Waals surface area contributed by atoms with Crippen LogP contribution in [0.4, 0.5) is 11.4 Å². The van der Waals surface area contributed by atoms with Gasteiger partial charge in [0.2, 0.25) is 0 Å². The van der Waals surface area contributed by atoms with Gasteiger partial charge in [0, 0.05) is 96.7 Å². The zero-order valence-corrected chi connectivity index (χ0v) is 26.0. The third-order valence-electron chi connectivity index (χ3n) is 7.77. The van der Waals surface area contributed by atoms with Crippen molar-refractivity contribution in [3.05, 3.63) is 60.9 Å². The van der Waals surface area contributed by atoms with Crippen molar-refractivity contribution in [3.63, 3.8) is 0 Å². The van der Waals surface area contributed by atoms with E-state index in [-0.39, 0.29) is 0 Å². The van der Waals surface area contributed by atoms with Crippen molar-refractivity contribution in [1.29, 1.82) is 0 Å². The summed E-state index contributed by atoms with van der Waals surface area (Å²) in [7, 11) is 3.57. The third kappa shape index (κ3) is 5.86. The standard InChI is InChI=1S/C30H32N6S4/c1-21(37)33-11-15-35(16-12-33)23-3-5-25-27(19-23)31-9-7-29(25)39-40-30-8-10-32-28-20-24(4-6-26(28)30)36-17-13-34(14-18-36)22(2)38/h3-10,19-20H,11-18H2,1-2H3. The summed E-state index contributed by atoms with van der Waals surface area (Å²) in [6.07, 6.45) is 3.84. The molecule has 0 spiro atoms. The van der Waals surface area contributed by atoms with Crippen LogP contribution in [0.3, 0.4) is 0 Å². The van der Waals surface area contributed by atoms with Crippen LogP contribution < -0.4 is 9.80 Å². The molecule has 206 valence electrons. The van der Waals surface area contributed by atoms with Crippen LogP contribution in [0.15, 0.2) is 70.7 Å². The van der Waals surface area contributed by atoms with Crippen molar-refractivity contribution in [3.8, 4) is 0 Å². The molecule has 2 fully saturated rings. The second-order valence-electron chi connectivity index (χ2n) is 10.2. The summed E-state index contributed by atoms with van der Waals surface area (Å²) in [4.78, 5) is 23.2. The quantitative estimate of drug-likeness (QED) is 0.186. The Balaban J connectivity index is 1.16. The van der Waals surface area contributed by atoms with Gasteiger partial charge in [-0.2, -0.15) is 0 Å². The van der Waals surface area contributed by atoms with Crippen LogP contribution in [0.5, 0.6) is 0 Å². The number of hydrogen-bond donors (Lipinski definition) is 0. The fourth-order valence-corrected chi connectivity index (χ4v) is 8.12. The molecular formula is C30H32N6S4. The van der Waals surface area contributed by atoms with Crippen LogP contribution in [-0.2, 0) is 0 Å². The first kappa shape index (κ1) is 27.5. The number of benzene rings is 2. The summed E-state index contributed by atoms with van der Waals surface area (Å²) in [6.45, 7) is 11.8.